The van der Waals surface area contributed by atoms with Crippen molar-refractivity contribution >= 4 is 35.1 Å². The monoisotopic (exact) mass is 434 g/mol. The molecule has 164 valence electrons. The summed E-state index contributed by atoms with van der Waals surface area (Å²) in [6.45, 7) is 1.66. The van der Waals surface area contributed by atoms with Crippen LogP contribution in [0.15, 0.2) is 59.8 Å². The number of amides is 2. The molecule has 0 aliphatic heterocycles. The average molecular weight is 434 g/mol. The van der Waals surface area contributed by atoms with Crippen molar-refractivity contribution in [2.75, 3.05) is 23.1 Å². The number of hydrogen-bond donors (Lipinski definition) is 4. The van der Waals surface area contributed by atoms with E-state index in [1.807, 2.05) is 0 Å². The number of carbonyl (C=O) groups is 2. The Morgan fingerprint density at radius 1 is 1.00 bits per heavy atom. The summed E-state index contributed by atoms with van der Waals surface area (Å²) in [6, 6.07) is 11.6. The first-order valence-corrected chi connectivity index (χ1v) is 9.12. The second kappa shape index (κ2) is 10.3. The van der Waals surface area contributed by atoms with Crippen molar-refractivity contribution in [2.45, 2.75) is 19.5 Å². The zero-order chi connectivity index (χ0) is 23.0. The normalized spacial score (nSPS) is 11.8. The molecule has 0 saturated heterocycles. The van der Waals surface area contributed by atoms with Crippen molar-refractivity contribution in [1.29, 1.82) is 5.41 Å². The summed E-state index contributed by atoms with van der Waals surface area (Å²) in [5, 5.41) is 14.5. The Bertz CT molecular complexity index is 986. The third-order valence-electron chi connectivity index (χ3n) is 4.03. The van der Waals surface area contributed by atoms with Gasteiger partial charge in [-0.05, 0) is 42.5 Å². The maximum Gasteiger partial charge on any atom is 0.432 e. The molecule has 0 unspecified atom stereocenters. The molecule has 2 aromatic carbocycles. The van der Waals surface area contributed by atoms with Gasteiger partial charge in [0.2, 0.25) is 5.91 Å². The summed E-state index contributed by atoms with van der Waals surface area (Å²) in [7, 11) is 1.42. The standard InChI is InChI=1S/C21H21F3N4O3/c1-3-18(29)26-14-5-4-6-15(11-14)28-20(30)17(12-25)19(21(22,23)24)27-13-7-9-16(31-2)10-8-13/h4-12,25,27H,3H2,1-2H3,(H,26,29)(H,28,30)/b19-17+,25-12?. The first-order valence-electron chi connectivity index (χ1n) is 9.12. The van der Waals surface area contributed by atoms with Crippen LogP contribution < -0.4 is 20.7 Å². The number of allylic oxidation sites excluding steroid dienone is 1. The Morgan fingerprint density at radius 2 is 1.61 bits per heavy atom. The van der Waals surface area contributed by atoms with Crippen LogP contribution in [0.25, 0.3) is 0 Å². The van der Waals surface area contributed by atoms with Crippen LogP contribution in [0.5, 0.6) is 5.75 Å². The van der Waals surface area contributed by atoms with Crippen LogP contribution in [0.1, 0.15) is 13.3 Å². The fourth-order valence-electron chi connectivity index (χ4n) is 2.48. The number of hydrogen-bond acceptors (Lipinski definition) is 5. The van der Waals surface area contributed by atoms with Crippen LogP contribution in [-0.4, -0.2) is 31.3 Å². The van der Waals surface area contributed by atoms with E-state index >= 15 is 0 Å². The molecule has 0 aliphatic rings. The number of rotatable bonds is 8. The molecule has 0 aliphatic carbocycles. The number of benzene rings is 2. The van der Waals surface area contributed by atoms with Gasteiger partial charge < -0.3 is 26.1 Å². The van der Waals surface area contributed by atoms with Gasteiger partial charge in [0, 0.05) is 29.7 Å². The minimum atomic E-state index is -4.93. The van der Waals surface area contributed by atoms with Crippen LogP contribution in [0.2, 0.25) is 0 Å². The molecule has 0 spiro atoms. The Kier molecular flexibility index (Phi) is 7.78. The third-order valence-corrected chi connectivity index (χ3v) is 4.03. The summed E-state index contributed by atoms with van der Waals surface area (Å²) in [6.07, 6.45) is -4.36. The minimum absolute atomic E-state index is 0.0598. The van der Waals surface area contributed by atoms with Crippen LogP contribution in [0.4, 0.5) is 30.2 Å². The topological polar surface area (TPSA) is 103 Å². The van der Waals surface area contributed by atoms with Crippen molar-refractivity contribution in [3.8, 4) is 5.75 Å². The maximum atomic E-state index is 13.7. The number of carbonyl (C=O) groups excluding carboxylic acids is 2. The fraction of sp³-hybridized carbons (Fsp3) is 0.190. The van der Waals surface area contributed by atoms with Crippen LogP contribution in [0, 0.1) is 5.41 Å². The summed E-state index contributed by atoms with van der Waals surface area (Å²) < 4.78 is 45.9. The zero-order valence-corrected chi connectivity index (χ0v) is 16.8. The van der Waals surface area contributed by atoms with E-state index in [4.69, 9.17) is 10.1 Å². The molecule has 2 aromatic rings. The Balaban J connectivity index is 2.32. The van der Waals surface area contributed by atoms with Crippen LogP contribution >= 0.6 is 0 Å². The highest BCUT2D eigenvalue weighted by Gasteiger charge is 2.38. The first-order chi connectivity index (χ1) is 14.7. The van der Waals surface area contributed by atoms with Gasteiger partial charge in [-0.3, -0.25) is 9.59 Å². The van der Waals surface area contributed by atoms with E-state index in [9.17, 15) is 22.8 Å². The van der Waals surface area contributed by atoms with Crippen LogP contribution in [0.3, 0.4) is 0 Å². The molecule has 0 bridgehead atoms. The highest BCUT2D eigenvalue weighted by atomic mass is 19.4. The van der Waals surface area contributed by atoms with Gasteiger partial charge >= 0.3 is 6.18 Å². The van der Waals surface area contributed by atoms with E-state index < -0.39 is 23.4 Å². The molecule has 0 fully saturated rings. The van der Waals surface area contributed by atoms with Gasteiger partial charge in [0.25, 0.3) is 5.91 Å². The Hall–Kier alpha value is -3.82. The lowest BCUT2D eigenvalue weighted by atomic mass is 10.1. The molecule has 0 radical (unpaired) electrons. The largest absolute Gasteiger partial charge is 0.497 e. The number of anilines is 3. The van der Waals surface area contributed by atoms with Crippen LogP contribution in [-0.2, 0) is 9.59 Å². The number of methoxy groups -OCH3 is 1. The number of halogens is 3. The highest BCUT2D eigenvalue weighted by Crippen LogP contribution is 2.30. The lowest BCUT2D eigenvalue weighted by Gasteiger charge is -2.18. The predicted octanol–water partition coefficient (Wildman–Crippen LogP) is 4.56. The molecular formula is C21H21F3N4O3. The second-order valence-electron chi connectivity index (χ2n) is 6.22. The smallest absolute Gasteiger partial charge is 0.432 e. The minimum Gasteiger partial charge on any atom is -0.497 e. The third kappa shape index (κ3) is 6.59. The highest BCUT2D eigenvalue weighted by molar-refractivity contribution is 6.18. The molecule has 2 amide bonds. The lowest BCUT2D eigenvalue weighted by Crippen LogP contribution is -2.27. The number of alkyl halides is 3. The van der Waals surface area contributed by atoms with E-state index in [0.29, 0.717) is 17.7 Å². The number of ether oxygens (including phenoxy) is 1. The predicted molar refractivity (Wildman–Crippen MR) is 112 cm³/mol. The molecule has 7 nitrogen and oxygen atoms in total. The summed E-state index contributed by atoms with van der Waals surface area (Å²) in [5.74, 6) is -0.947. The SMILES string of the molecule is CCC(=O)Nc1cccc(NC(=O)/C(C=N)=C(/Nc2ccc(OC)cc2)C(F)(F)F)c1. The van der Waals surface area contributed by atoms with Crippen molar-refractivity contribution in [3.05, 3.63) is 59.8 Å². The Morgan fingerprint density at radius 3 is 2.13 bits per heavy atom. The molecule has 31 heavy (non-hydrogen) atoms. The Labute approximate surface area is 176 Å². The van der Waals surface area contributed by atoms with E-state index in [1.165, 1.54) is 49.6 Å². The molecular weight excluding hydrogens is 413 g/mol. The van der Waals surface area contributed by atoms with E-state index in [0.717, 1.165) is 0 Å². The van der Waals surface area contributed by atoms with Gasteiger partial charge in [-0.2, -0.15) is 13.2 Å². The quantitative estimate of drug-likeness (QED) is 0.361. The molecule has 4 N–H and O–H groups in total. The number of nitrogens with one attached hydrogen (secondary N) is 4. The zero-order valence-electron chi connectivity index (χ0n) is 16.8. The first kappa shape index (κ1) is 23.5. The summed E-state index contributed by atoms with van der Waals surface area (Å²) in [5.41, 5.74) is -1.71. The van der Waals surface area contributed by atoms with Gasteiger partial charge in [-0.15, -0.1) is 0 Å². The maximum absolute atomic E-state index is 13.7. The van der Waals surface area contributed by atoms with Gasteiger partial charge in [0.15, 0.2) is 0 Å². The van der Waals surface area contributed by atoms with E-state index in [2.05, 4.69) is 16.0 Å². The molecule has 0 heterocycles. The van der Waals surface area contributed by atoms with E-state index in [1.54, 1.807) is 13.0 Å². The van der Waals surface area contributed by atoms with Crippen molar-refractivity contribution < 1.29 is 27.5 Å². The lowest BCUT2D eigenvalue weighted by molar-refractivity contribution is -0.116. The molecule has 0 aromatic heterocycles. The van der Waals surface area contributed by atoms with E-state index in [-0.39, 0.29) is 23.7 Å². The van der Waals surface area contributed by atoms with Crippen molar-refractivity contribution in [1.82, 2.24) is 0 Å². The average Bonchev–Trinajstić information content (AvgIpc) is 2.73. The fourth-order valence-corrected chi connectivity index (χ4v) is 2.48. The molecule has 10 heteroatoms. The second-order valence-corrected chi connectivity index (χ2v) is 6.22. The van der Waals surface area contributed by atoms with Gasteiger partial charge in [0.1, 0.15) is 11.4 Å². The van der Waals surface area contributed by atoms with Gasteiger partial charge in [0.05, 0.1) is 12.7 Å². The van der Waals surface area contributed by atoms with Gasteiger partial charge in [-0.1, -0.05) is 13.0 Å². The van der Waals surface area contributed by atoms with Crippen molar-refractivity contribution in [3.63, 3.8) is 0 Å². The van der Waals surface area contributed by atoms with Gasteiger partial charge in [-0.25, -0.2) is 0 Å². The molecule has 0 saturated carbocycles. The molecule has 0 atom stereocenters. The summed E-state index contributed by atoms with van der Waals surface area (Å²) >= 11 is 0. The van der Waals surface area contributed by atoms with Crippen molar-refractivity contribution in [2.24, 2.45) is 0 Å². The summed E-state index contributed by atoms with van der Waals surface area (Å²) in [4.78, 5) is 24.1. The molecule has 2 rings (SSSR count).